The van der Waals surface area contributed by atoms with Crippen molar-refractivity contribution in [3.63, 3.8) is 0 Å². The van der Waals surface area contributed by atoms with Gasteiger partial charge in [0.25, 0.3) is 11.6 Å². The Bertz CT molecular complexity index is 1110. The van der Waals surface area contributed by atoms with Crippen LogP contribution in [0.15, 0.2) is 41.9 Å². The summed E-state index contributed by atoms with van der Waals surface area (Å²) in [5.41, 5.74) is 1.37. The Kier molecular flexibility index (Phi) is 4.27. The zero-order valence-electron chi connectivity index (χ0n) is 13.3. The molecule has 0 aliphatic heterocycles. The van der Waals surface area contributed by atoms with E-state index in [0.717, 1.165) is 15.3 Å². The fourth-order valence-electron chi connectivity index (χ4n) is 2.60. The minimum absolute atomic E-state index is 0.0127. The first-order valence-electron chi connectivity index (χ1n) is 7.74. The number of para-hydroxylation sites is 2. The van der Waals surface area contributed by atoms with Crippen LogP contribution < -0.4 is 10.6 Å². The van der Waals surface area contributed by atoms with E-state index in [9.17, 15) is 14.9 Å². The van der Waals surface area contributed by atoms with Crippen LogP contribution in [0.2, 0.25) is 0 Å². The average Bonchev–Trinajstić information content (AvgIpc) is 3.30. The molecule has 8 nitrogen and oxygen atoms in total. The number of thiazole rings is 1. The van der Waals surface area contributed by atoms with Gasteiger partial charge in [0.05, 0.1) is 15.3 Å². The Morgan fingerprint density at radius 3 is 3.00 bits per heavy atom. The number of nitro benzene ring substituents is 1. The molecular weight excluding hydrogens is 374 g/mol. The summed E-state index contributed by atoms with van der Waals surface area (Å²) >= 11 is 2.90. The van der Waals surface area contributed by atoms with Crippen molar-refractivity contribution in [3.05, 3.63) is 56.9 Å². The molecule has 10 heteroatoms. The number of imidazole rings is 1. The molecule has 4 aromatic rings. The molecule has 1 amide bonds. The van der Waals surface area contributed by atoms with Crippen molar-refractivity contribution in [2.45, 2.75) is 0 Å². The third kappa shape index (κ3) is 3.00. The number of aromatic nitrogens is 2. The monoisotopic (exact) mass is 387 g/mol. The SMILES string of the molecule is O=C(NCCNc1ccccc1[N+](=O)[O-])c1cc2c(nc3sccn32)s1. The first-order valence-corrected chi connectivity index (χ1v) is 9.43. The molecule has 0 aliphatic rings. The number of carbonyl (C=O) groups is 1. The fourth-order valence-corrected chi connectivity index (χ4v) is 4.32. The Balaban J connectivity index is 1.37. The summed E-state index contributed by atoms with van der Waals surface area (Å²) in [6.45, 7) is 0.733. The third-order valence-corrected chi connectivity index (χ3v) is 5.56. The maximum absolute atomic E-state index is 12.3. The first-order chi connectivity index (χ1) is 12.6. The summed E-state index contributed by atoms with van der Waals surface area (Å²) in [5.74, 6) is -0.179. The van der Waals surface area contributed by atoms with Crippen LogP contribution >= 0.6 is 22.7 Å². The van der Waals surface area contributed by atoms with Gasteiger partial charge in [-0.3, -0.25) is 19.3 Å². The smallest absolute Gasteiger partial charge is 0.292 e. The molecule has 0 saturated heterocycles. The van der Waals surface area contributed by atoms with Gasteiger partial charge in [0, 0.05) is 30.7 Å². The van der Waals surface area contributed by atoms with Crippen molar-refractivity contribution >= 4 is 55.3 Å². The molecule has 0 atom stereocenters. The van der Waals surface area contributed by atoms with Crippen molar-refractivity contribution in [2.24, 2.45) is 0 Å². The van der Waals surface area contributed by atoms with E-state index in [-0.39, 0.29) is 11.6 Å². The van der Waals surface area contributed by atoms with Crippen LogP contribution in [-0.2, 0) is 0 Å². The van der Waals surface area contributed by atoms with Gasteiger partial charge in [-0.25, -0.2) is 4.98 Å². The lowest BCUT2D eigenvalue weighted by Crippen LogP contribution is -2.28. The Hall–Kier alpha value is -2.98. The third-order valence-electron chi connectivity index (χ3n) is 3.79. The molecule has 4 rings (SSSR count). The number of anilines is 1. The van der Waals surface area contributed by atoms with Crippen LogP contribution in [0, 0.1) is 10.1 Å². The zero-order chi connectivity index (χ0) is 18.1. The minimum Gasteiger partial charge on any atom is -0.378 e. The molecular formula is C16H13N5O3S2. The van der Waals surface area contributed by atoms with Gasteiger partial charge in [-0.15, -0.1) is 22.7 Å². The number of nitro groups is 1. The highest BCUT2D eigenvalue weighted by Crippen LogP contribution is 2.28. The topological polar surface area (TPSA) is 102 Å². The lowest BCUT2D eigenvalue weighted by atomic mass is 10.2. The minimum atomic E-state index is -0.437. The van der Waals surface area contributed by atoms with Crippen LogP contribution in [0.1, 0.15) is 9.67 Å². The molecule has 1 aromatic carbocycles. The lowest BCUT2D eigenvalue weighted by molar-refractivity contribution is -0.384. The molecule has 26 heavy (non-hydrogen) atoms. The Labute approximate surface area is 155 Å². The largest absolute Gasteiger partial charge is 0.378 e. The van der Waals surface area contributed by atoms with Crippen LogP contribution in [-0.4, -0.2) is 33.3 Å². The molecule has 3 heterocycles. The molecule has 0 radical (unpaired) electrons. The number of benzene rings is 1. The second-order valence-corrected chi connectivity index (χ2v) is 7.33. The molecule has 132 valence electrons. The summed E-state index contributed by atoms with van der Waals surface area (Å²) in [5, 5.41) is 18.7. The highest BCUT2D eigenvalue weighted by molar-refractivity contribution is 7.21. The zero-order valence-corrected chi connectivity index (χ0v) is 15.0. The second-order valence-electron chi connectivity index (χ2n) is 5.43. The van der Waals surface area contributed by atoms with Gasteiger partial charge in [0.2, 0.25) is 0 Å². The Morgan fingerprint density at radius 1 is 1.31 bits per heavy atom. The maximum atomic E-state index is 12.3. The van der Waals surface area contributed by atoms with Crippen molar-refractivity contribution in [1.29, 1.82) is 0 Å². The van der Waals surface area contributed by atoms with E-state index >= 15 is 0 Å². The van der Waals surface area contributed by atoms with Gasteiger partial charge in [0.15, 0.2) is 4.96 Å². The second kappa shape index (κ2) is 6.73. The highest BCUT2D eigenvalue weighted by atomic mass is 32.1. The first kappa shape index (κ1) is 16.5. The molecule has 3 aromatic heterocycles. The van der Waals surface area contributed by atoms with E-state index < -0.39 is 4.92 Å². The van der Waals surface area contributed by atoms with Crippen molar-refractivity contribution in [2.75, 3.05) is 18.4 Å². The van der Waals surface area contributed by atoms with Crippen molar-refractivity contribution < 1.29 is 9.72 Å². The molecule has 0 saturated carbocycles. The van der Waals surface area contributed by atoms with E-state index in [1.807, 2.05) is 22.0 Å². The standard InChI is InChI=1S/C16H13N5O3S2/c22-14(13-9-12-15(26-13)19-16-20(12)7-8-25-16)18-6-5-17-10-3-1-2-4-11(10)21(23)24/h1-4,7-9,17H,5-6H2,(H,18,22). The van der Waals surface area contributed by atoms with Crippen LogP contribution in [0.4, 0.5) is 11.4 Å². The number of thiophene rings is 1. The predicted molar refractivity (Wildman–Crippen MR) is 102 cm³/mol. The maximum Gasteiger partial charge on any atom is 0.292 e. The van der Waals surface area contributed by atoms with Gasteiger partial charge >= 0.3 is 0 Å². The van der Waals surface area contributed by atoms with E-state index in [0.29, 0.717) is 23.7 Å². The van der Waals surface area contributed by atoms with Gasteiger partial charge in [-0.05, 0) is 12.1 Å². The quantitative estimate of drug-likeness (QED) is 0.300. The van der Waals surface area contributed by atoms with Gasteiger partial charge in [-0.1, -0.05) is 12.1 Å². The number of carbonyl (C=O) groups excluding carboxylic acids is 1. The van der Waals surface area contributed by atoms with E-state index in [1.54, 1.807) is 29.5 Å². The van der Waals surface area contributed by atoms with Crippen molar-refractivity contribution in [1.82, 2.24) is 14.7 Å². The number of amides is 1. The molecule has 0 aliphatic carbocycles. The Morgan fingerprint density at radius 2 is 2.15 bits per heavy atom. The molecule has 0 bridgehead atoms. The van der Waals surface area contributed by atoms with Gasteiger partial charge < -0.3 is 10.6 Å². The van der Waals surface area contributed by atoms with Crippen LogP contribution in [0.3, 0.4) is 0 Å². The number of fused-ring (bicyclic) bond motifs is 3. The van der Waals surface area contributed by atoms with Crippen LogP contribution in [0.25, 0.3) is 15.3 Å². The molecule has 0 fully saturated rings. The predicted octanol–water partition coefficient (Wildman–Crippen LogP) is 3.36. The highest BCUT2D eigenvalue weighted by Gasteiger charge is 2.15. The molecule has 2 N–H and O–H groups in total. The molecule has 0 unspecified atom stereocenters. The average molecular weight is 387 g/mol. The van der Waals surface area contributed by atoms with Gasteiger partial charge in [0.1, 0.15) is 10.5 Å². The van der Waals surface area contributed by atoms with Crippen LogP contribution in [0.5, 0.6) is 0 Å². The van der Waals surface area contributed by atoms with E-state index in [4.69, 9.17) is 0 Å². The van der Waals surface area contributed by atoms with E-state index in [1.165, 1.54) is 17.4 Å². The lowest BCUT2D eigenvalue weighted by Gasteiger charge is -2.07. The number of nitrogens with zero attached hydrogens (tertiary/aromatic N) is 3. The number of nitrogens with one attached hydrogen (secondary N) is 2. The summed E-state index contributed by atoms with van der Waals surface area (Å²) in [4.78, 5) is 29.7. The summed E-state index contributed by atoms with van der Waals surface area (Å²) < 4.78 is 1.96. The summed E-state index contributed by atoms with van der Waals surface area (Å²) in [7, 11) is 0. The fraction of sp³-hybridized carbons (Fsp3) is 0.125. The van der Waals surface area contributed by atoms with E-state index in [2.05, 4.69) is 15.6 Å². The molecule has 0 spiro atoms. The number of hydrogen-bond donors (Lipinski definition) is 2. The van der Waals surface area contributed by atoms with Crippen molar-refractivity contribution in [3.8, 4) is 0 Å². The van der Waals surface area contributed by atoms with Gasteiger partial charge in [-0.2, -0.15) is 0 Å². The number of hydrogen-bond acceptors (Lipinski definition) is 7. The summed E-state index contributed by atoms with van der Waals surface area (Å²) in [6, 6.07) is 8.25. The normalized spacial score (nSPS) is 11.1. The summed E-state index contributed by atoms with van der Waals surface area (Å²) in [6.07, 6.45) is 1.93. The number of rotatable bonds is 6.